The second-order valence-electron chi connectivity index (χ2n) is 3.26. The van der Waals surface area contributed by atoms with Crippen molar-refractivity contribution in [1.29, 1.82) is 0 Å². The van der Waals surface area contributed by atoms with Gasteiger partial charge in [0, 0.05) is 6.26 Å². The van der Waals surface area contributed by atoms with Gasteiger partial charge in [0.05, 0.1) is 8.49 Å². The molecule has 0 N–H and O–H groups in total. The first-order valence-electron chi connectivity index (χ1n) is 3.35. The molecule has 0 saturated heterocycles. The van der Waals surface area contributed by atoms with Crippen molar-refractivity contribution in [3.63, 3.8) is 0 Å². The van der Waals surface area contributed by atoms with Gasteiger partial charge in [-0.25, -0.2) is 4.39 Å². The van der Waals surface area contributed by atoms with Gasteiger partial charge in [-0.3, -0.25) is 4.21 Å². The van der Waals surface area contributed by atoms with Crippen molar-refractivity contribution in [2.75, 3.05) is 6.26 Å². The van der Waals surface area contributed by atoms with Crippen LogP contribution >= 0.6 is 0 Å². The topological polar surface area (TPSA) is 38.7 Å². The van der Waals surface area contributed by atoms with E-state index in [1.54, 1.807) is 0 Å². The van der Waals surface area contributed by atoms with Gasteiger partial charge < -0.3 is 4.84 Å². The molecule has 0 bridgehead atoms. The minimum atomic E-state index is -2.74. The lowest BCUT2D eigenvalue weighted by atomic mass is 10.1. The van der Waals surface area contributed by atoms with Crippen molar-refractivity contribution in [3.8, 4) is 0 Å². The fourth-order valence-corrected chi connectivity index (χ4v) is 1.99. The Morgan fingerprint density at radius 2 is 2.25 bits per heavy atom. The lowest BCUT2D eigenvalue weighted by molar-refractivity contribution is -0.0232. The van der Waals surface area contributed by atoms with Gasteiger partial charge in [0.1, 0.15) is 0 Å². The van der Waals surface area contributed by atoms with Crippen LogP contribution in [0.5, 0.6) is 0 Å². The highest BCUT2D eigenvalue weighted by Gasteiger charge is 2.44. The smallest absolute Gasteiger partial charge is 0.195 e. The molecule has 1 heterocycles. The van der Waals surface area contributed by atoms with Crippen LogP contribution in [0.4, 0.5) is 4.39 Å². The molecule has 0 aromatic rings. The Morgan fingerprint density at radius 3 is 2.42 bits per heavy atom. The molecular weight excluding hydrogens is 201 g/mol. The maximum atomic E-state index is 13.4. The lowest BCUT2D eigenvalue weighted by Gasteiger charge is -2.17. The molecule has 0 aliphatic carbocycles. The van der Waals surface area contributed by atoms with E-state index in [0.717, 1.165) is 0 Å². The average molecular weight is 211 g/mol. The molecule has 0 amide bonds. The summed E-state index contributed by atoms with van der Waals surface area (Å²) in [5.41, 5.74) is -1.03. The monoisotopic (exact) mass is 211 g/mol. The molecule has 0 saturated carbocycles. The zero-order chi connectivity index (χ0) is 9.57. The first-order valence-corrected chi connectivity index (χ1v) is 6.24. The van der Waals surface area contributed by atoms with Crippen molar-refractivity contribution < 1.29 is 13.4 Å². The predicted octanol–water partition coefficient (Wildman–Crippen LogP) is 0.823. The summed E-state index contributed by atoms with van der Waals surface area (Å²) in [4.78, 5) is 4.76. The van der Waals surface area contributed by atoms with Crippen LogP contribution < -0.4 is 0 Å². The van der Waals surface area contributed by atoms with E-state index >= 15 is 0 Å². The molecule has 12 heavy (non-hydrogen) atoms. The van der Waals surface area contributed by atoms with Crippen molar-refractivity contribution in [3.05, 3.63) is 0 Å². The van der Waals surface area contributed by atoms with E-state index in [9.17, 15) is 8.60 Å². The summed E-state index contributed by atoms with van der Waals surface area (Å²) in [6, 6.07) is 0. The Kier molecular flexibility index (Phi) is 2.16. The summed E-state index contributed by atoms with van der Waals surface area (Å²) in [7, 11) is -2.74. The van der Waals surface area contributed by atoms with E-state index in [1.807, 2.05) is 0 Å². The molecule has 3 nitrogen and oxygen atoms in total. The highest BCUT2D eigenvalue weighted by atomic mass is 32.8. The molecule has 6 heteroatoms. The number of halogens is 1. The summed E-state index contributed by atoms with van der Waals surface area (Å²) < 4.78 is 24.6. The number of rotatable bonds is 0. The van der Waals surface area contributed by atoms with Gasteiger partial charge in [0.15, 0.2) is 16.8 Å². The Balaban J connectivity index is 3.02. The van der Waals surface area contributed by atoms with Crippen LogP contribution in [0, 0.1) is 0 Å². The Labute approximate surface area is 75.6 Å². The van der Waals surface area contributed by atoms with Crippen molar-refractivity contribution >= 4 is 24.7 Å². The first kappa shape index (κ1) is 9.85. The Bertz CT molecular complexity index is 320. The minimum Gasteiger partial charge on any atom is -0.385 e. The molecule has 0 aromatic carbocycles. The molecule has 70 valence electrons. The molecule has 2 atom stereocenters. The van der Waals surface area contributed by atoms with E-state index < -0.39 is 20.3 Å². The molecule has 1 rings (SSSR count). The highest BCUT2D eigenvalue weighted by molar-refractivity contribution is 8.41. The molecule has 0 fully saturated rings. The molecule has 1 aliphatic heterocycles. The Morgan fingerprint density at radius 1 is 1.75 bits per heavy atom. The zero-order valence-corrected chi connectivity index (χ0v) is 8.67. The largest absolute Gasteiger partial charge is 0.385 e. The molecule has 2 unspecified atom stereocenters. The quantitative estimate of drug-likeness (QED) is 0.595. The third kappa shape index (κ3) is 1.59. The second kappa shape index (κ2) is 2.63. The van der Waals surface area contributed by atoms with Crippen LogP contribution in [-0.4, -0.2) is 27.3 Å². The van der Waals surface area contributed by atoms with Crippen molar-refractivity contribution in [2.45, 2.75) is 25.6 Å². The molecule has 1 aliphatic rings. The number of oxime groups is 1. The second-order valence-corrected chi connectivity index (χ2v) is 7.13. The van der Waals surface area contributed by atoms with Crippen LogP contribution in [0.1, 0.15) is 13.8 Å². The molecule has 0 spiro atoms. The molecule has 0 radical (unpaired) electrons. The summed E-state index contributed by atoms with van der Waals surface area (Å²) in [6.07, 6.45) is -0.189. The molecule has 0 aromatic heterocycles. The van der Waals surface area contributed by atoms with Crippen molar-refractivity contribution in [2.24, 2.45) is 5.16 Å². The number of hydrogen-bond acceptors (Lipinski definition) is 4. The SMILES string of the molecule is CC1(C)ON=C(S(C)(=O)=S)C1F. The third-order valence-corrected chi connectivity index (χ3v) is 3.13. The van der Waals surface area contributed by atoms with Gasteiger partial charge in [0.25, 0.3) is 0 Å². The van der Waals surface area contributed by atoms with E-state index in [4.69, 9.17) is 4.84 Å². The normalized spacial score (nSPS) is 32.0. The molecular formula is C6H10FNO2S2. The van der Waals surface area contributed by atoms with Crippen LogP contribution in [0.25, 0.3) is 0 Å². The van der Waals surface area contributed by atoms with E-state index in [-0.39, 0.29) is 5.04 Å². The Hall–Kier alpha value is -0.230. The van der Waals surface area contributed by atoms with Crippen LogP contribution in [0.15, 0.2) is 5.16 Å². The van der Waals surface area contributed by atoms with Gasteiger partial charge in [-0.15, -0.1) is 0 Å². The highest BCUT2D eigenvalue weighted by Crippen LogP contribution is 2.27. The van der Waals surface area contributed by atoms with Gasteiger partial charge >= 0.3 is 0 Å². The summed E-state index contributed by atoms with van der Waals surface area (Å²) in [5, 5.41) is 3.25. The number of hydrogen-bond donors (Lipinski definition) is 0. The summed E-state index contributed by atoms with van der Waals surface area (Å²) in [5.74, 6) is 0. The van der Waals surface area contributed by atoms with Crippen LogP contribution in [0.3, 0.4) is 0 Å². The minimum absolute atomic E-state index is 0.150. The fraction of sp³-hybridized carbons (Fsp3) is 0.833. The van der Waals surface area contributed by atoms with Crippen LogP contribution in [0.2, 0.25) is 0 Å². The van der Waals surface area contributed by atoms with Gasteiger partial charge in [-0.05, 0) is 25.0 Å². The van der Waals surface area contributed by atoms with E-state index in [0.29, 0.717) is 0 Å². The lowest BCUT2D eigenvalue weighted by Crippen LogP contribution is -2.36. The average Bonchev–Trinajstić information content (AvgIpc) is 2.06. The zero-order valence-electron chi connectivity index (χ0n) is 7.04. The van der Waals surface area contributed by atoms with Crippen LogP contribution in [-0.2, 0) is 24.5 Å². The fourth-order valence-electron chi connectivity index (χ4n) is 0.808. The van der Waals surface area contributed by atoms with Gasteiger partial charge in [-0.2, -0.15) is 0 Å². The van der Waals surface area contributed by atoms with Gasteiger partial charge in [-0.1, -0.05) is 5.16 Å². The maximum absolute atomic E-state index is 13.4. The maximum Gasteiger partial charge on any atom is 0.195 e. The predicted molar refractivity (Wildman–Crippen MR) is 48.9 cm³/mol. The van der Waals surface area contributed by atoms with E-state index in [2.05, 4.69) is 16.3 Å². The third-order valence-electron chi connectivity index (χ3n) is 1.58. The number of alkyl halides is 1. The van der Waals surface area contributed by atoms with Gasteiger partial charge in [0.2, 0.25) is 0 Å². The standard InChI is InChI=1S/C6H10FNO2S2/c1-6(2)4(7)5(8-10-6)12(3,9)11/h4H,1-3H3. The first-order chi connectivity index (χ1) is 5.25. The summed E-state index contributed by atoms with van der Waals surface area (Å²) >= 11 is 4.60. The number of nitrogens with zero attached hydrogens (tertiary/aromatic N) is 1. The van der Waals surface area contributed by atoms with E-state index in [1.165, 1.54) is 20.1 Å². The summed E-state index contributed by atoms with van der Waals surface area (Å²) in [6.45, 7) is 3.07. The van der Waals surface area contributed by atoms with Crippen molar-refractivity contribution in [1.82, 2.24) is 0 Å².